The summed E-state index contributed by atoms with van der Waals surface area (Å²) >= 11 is 0. The van der Waals surface area contributed by atoms with Crippen LogP contribution in [0.1, 0.15) is 10.4 Å². The van der Waals surface area contributed by atoms with Gasteiger partial charge in [0, 0.05) is 12.3 Å². The zero-order valence-corrected chi connectivity index (χ0v) is 8.63. The number of rotatable bonds is 3. The molecule has 0 aliphatic rings. The molecule has 2 aromatic rings. The number of carboxylic acids is 1. The molecule has 0 unspecified atom stereocenters. The number of pyridine rings is 1. The van der Waals surface area contributed by atoms with Crippen molar-refractivity contribution in [3.05, 3.63) is 54.0 Å². The number of carbonyl (C=O) groups is 1. The minimum absolute atomic E-state index is 0.0533. The van der Waals surface area contributed by atoms with E-state index in [1.54, 1.807) is 18.2 Å². The molecule has 0 atom stereocenters. The maximum atomic E-state index is 12.9. The van der Waals surface area contributed by atoms with Crippen molar-refractivity contribution in [3.8, 4) is 11.6 Å². The van der Waals surface area contributed by atoms with Crippen LogP contribution in [-0.2, 0) is 0 Å². The summed E-state index contributed by atoms with van der Waals surface area (Å²) in [6.07, 6.45) is 1.51. The zero-order valence-electron chi connectivity index (χ0n) is 8.63. The highest BCUT2D eigenvalue weighted by atomic mass is 19.1. The van der Waals surface area contributed by atoms with Crippen molar-refractivity contribution in [2.24, 2.45) is 0 Å². The summed E-state index contributed by atoms with van der Waals surface area (Å²) in [5, 5.41) is 8.90. The molecular formula is C12H8FNO3. The van der Waals surface area contributed by atoms with Crippen molar-refractivity contribution in [1.29, 1.82) is 0 Å². The van der Waals surface area contributed by atoms with Crippen LogP contribution in [0.15, 0.2) is 42.6 Å². The summed E-state index contributed by atoms with van der Waals surface area (Å²) in [7, 11) is 0. The highest BCUT2D eigenvalue weighted by molar-refractivity contribution is 5.90. The largest absolute Gasteiger partial charge is 0.478 e. The maximum absolute atomic E-state index is 12.9. The SMILES string of the molecule is O=C(O)c1cc(F)ccc1Oc1ccccn1. The Morgan fingerprint density at radius 3 is 2.76 bits per heavy atom. The number of hydrogen-bond donors (Lipinski definition) is 1. The van der Waals surface area contributed by atoms with Crippen molar-refractivity contribution in [2.75, 3.05) is 0 Å². The third kappa shape index (κ3) is 2.57. The van der Waals surface area contributed by atoms with Crippen LogP contribution in [0.25, 0.3) is 0 Å². The average Bonchev–Trinajstić information content (AvgIpc) is 2.32. The van der Waals surface area contributed by atoms with Gasteiger partial charge in [-0.25, -0.2) is 14.2 Å². The van der Waals surface area contributed by atoms with Gasteiger partial charge in [0.05, 0.1) is 0 Å². The first kappa shape index (κ1) is 11.1. The monoisotopic (exact) mass is 233 g/mol. The smallest absolute Gasteiger partial charge is 0.339 e. The van der Waals surface area contributed by atoms with Gasteiger partial charge >= 0.3 is 5.97 Å². The minimum Gasteiger partial charge on any atom is -0.478 e. The molecule has 1 heterocycles. The summed E-state index contributed by atoms with van der Waals surface area (Å²) in [5.74, 6) is -1.58. The Hall–Kier alpha value is -2.43. The van der Waals surface area contributed by atoms with Gasteiger partial charge < -0.3 is 9.84 Å². The molecule has 0 spiro atoms. The van der Waals surface area contributed by atoms with Gasteiger partial charge in [0.1, 0.15) is 17.1 Å². The molecule has 0 aliphatic carbocycles. The summed E-state index contributed by atoms with van der Waals surface area (Å²) in [6.45, 7) is 0. The quantitative estimate of drug-likeness (QED) is 0.885. The fourth-order valence-corrected chi connectivity index (χ4v) is 1.28. The molecule has 0 radical (unpaired) electrons. The van der Waals surface area contributed by atoms with Crippen LogP contribution in [0.4, 0.5) is 4.39 Å². The predicted molar refractivity (Wildman–Crippen MR) is 57.7 cm³/mol. The van der Waals surface area contributed by atoms with Gasteiger partial charge in [0.15, 0.2) is 0 Å². The van der Waals surface area contributed by atoms with Gasteiger partial charge in [-0.2, -0.15) is 0 Å². The molecule has 1 aromatic heterocycles. The number of hydrogen-bond acceptors (Lipinski definition) is 3. The molecule has 2 rings (SSSR count). The van der Waals surface area contributed by atoms with E-state index in [1.807, 2.05) is 0 Å². The highest BCUT2D eigenvalue weighted by Gasteiger charge is 2.13. The Morgan fingerprint density at radius 1 is 1.29 bits per heavy atom. The Labute approximate surface area is 96.3 Å². The predicted octanol–water partition coefficient (Wildman–Crippen LogP) is 2.71. The van der Waals surface area contributed by atoms with Crippen molar-refractivity contribution in [1.82, 2.24) is 4.98 Å². The number of halogens is 1. The Morgan fingerprint density at radius 2 is 2.12 bits per heavy atom. The number of benzene rings is 1. The maximum Gasteiger partial charge on any atom is 0.339 e. The van der Waals surface area contributed by atoms with Gasteiger partial charge in [-0.1, -0.05) is 6.07 Å². The molecule has 0 aliphatic heterocycles. The van der Waals surface area contributed by atoms with E-state index < -0.39 is 11.8 Å². The second-order valence-electron chi connectivity index (χ2n) is 3.22. The van der Waals surface area contributed by atoms with E-state index in [0.717, 1.165) is 12.1 Å². The summed E-state index contributed by atoms with van der Waals surface area (Å²) in [6, 6.07) is 8.27. The second kappa shape index (κ2) is 4.61. The lowest BCUT2D eigenvalue weighted by Gasteiger charge is -2.07. The molecule has 86 valence electrons. The lowest BCUT2D eigenvalue weighted by Crippen LogP contribution is -2.01. The molecule has 5 heteroatoms. The molecule has 1 N–H and O–H groups in total. The van der Waals surface area contributed by atoms with Crippen LogP contribution in [0, 0.1) is 5.82 Å². The minimum atomic E-state index is -1.25. The lowest BCUT2D eigenvalue weighted by atomic mass is 10.2. The fourth-order valence-electron chi connectivity index (χ4n) is 1.28. The van der Waals surface area contributed by atoms with Gasteiger partial charge in [0.2, 0.25) is 5.88 Å². The van der Waals surface area contributed by atoms with Crippen molar-refractivity contribution < 1.29 is 19.0 Å². The second-order valence-corrected chi connectivity index (χ2v) is 3.22. The van der Waals surface area contributed by atoms with Crippen LogP contribution in [0.3, 0.4) is 0 Å². The first-order valence-electron chi connectivity index (χ1n) is 4.78. The number of aromatic nitrogens is 1. The third-order valence-electron chi connectivity index (χ3n) is 2.02. The molecule has 4 nitrogen and oxygen atoms in total. The molecule has 17 heavy (non-hydrogen) atoms. The van der Waals surface area contributed by atoms with E-state index in [1.165, 1.54) is 12.3 Å². The Bertz CT molecular complexity index is 543. The highest BCUT2D eigenvalue weighted by Crippen LogP contribution is 2.24. The molecule has 0 amide bonds. The molecule has 0 saturated heterocycles. The number of aromatic carboxylic acids is 1. The molecule has 0 saturated carbocycles. The number of nitrogens with zero attached hydrogens (tertiary/aromatic N) is 1. The lowest BCUT2D eigenvalue weighted by molar-refractivity contribution is 0.0693. The standard InChI is InChI=1S/C12H8FNO3/c13-8-4-5-10(9(7-8)12(15)16)17-11-3-1-2-6-14-11/h1-7H,(H,15,16). The van der Waals surface area contributed by atoms with Gasteiger partial charge in [-0.05, 0) is 24.3 Å². The summed E-state index contributed by atoms with van der Waals surface area (Å²) in [5.41, 5.74) is -0.240. The summed E-state index contributed by atoms with van der Waals surface area (Å²) < 4.78 is 18.2. The molecule has 0 fully saturated rings. The van der Waals surface area contributed by atoms with E-state index in [-0.39, 0.29) is 17.2 Å². The van der Waals surface area contributed by atoms with Crippen LogP contribution in [0.2, 0.25) is 0 Å². The average molecular weight is 233 g/mol. The van der Waals surface area contributed by atoms with E-state index in [2.05, 4.69) is 4.98 Å². The van der Waals surface area contributed by atoms with Crippen LogP contribution < -0.4 is 4.74 Å². The van der Waals surface area contributed by atoms with Gasteiger partial charge in [-0.3, -0.25) is 0 Å². The topological polar surface area (TPSA) is 59.4 Å². The molecule has 1 aromatic carbocycles. The first-order chi connectivity index (χ1) is 8.16. The van der Waals surface area contributed by atoms with Gasteiger partial charge in [0.25, 0.3) is 0 Å². The van der Waals surface area contributed by atoms with Crippen molar-refractivity contribution >= 4 is 5.97 Å². The summed E-state index contributed by atoms with van der Waals surface area (Å²) in [4.78, 5) is 14.8. The number of carboxylic acid groups (broad SMARTS) is 1. The van der Waals surface area contributed by atoms with Crippen molar-refractivity contribution in [2.45, 2.75) is 0 Å². The van der Waals surface area contributed by atoms with E-state index in [4.69, 9.17) is 9.84 Å². The third-order valence-corrected chi connectivity index (χ3v) is 2.02. The van der Waals surface area contributed by atoms with E-state index in [0.29, 0.717) is 0 Å². The zero-order chi connectivity index (χ0) is 12.3. The van der Waals surface area contributed by atoms with Crippen molar-refractivity contribution in [3.63, 3.8) is 0 Å². The fraction of sp³-hybridized carbons (Fsp3) is 0. The van der Waals surface area contributed by atoms with E-state index >= 15 is 0 Å². The van der Waals surface area contributed by atoms with Crippen LogP contribution in [0.5, 0.6) is 11.6 Å². The van der Waals surface area contributed by atoms with Gasteiger partial charge in [-0.15, -0.1) is 0 Å². The van der Waals surface area contributed by atoms with Crippen LogP contribution in [-0.4, -0.2) is 16.1 Å². The number of ether oxygens (including phenoxy) is 1. The van der Waals surface area contributed by atoms with Crippen LogP contribution >= 0.6 is 0 Å². The molecule has 0 bridgehead atoms. The Balaban J connectivity index is 2.36. The Kier molecular flexibility index (Phi) is 3.00. The normalized spacial score (nSPS) is 9.94. The molecular weight excluding hydrogens is 225 g/mol. The first-order valence-corrected chi connectivity index (χ1v) is 4.78. The van der Waals surface area contributed by atoms with E-state index in [9.17, 15) is 9.18 Å².